The van der Waals surface area contributed by atoms with Crippen molar-refractivity contribution in [3.05, 3.63) is 52.6 Å². The average Bonchev–Trinajstić information content (AvgIpc) is 2.55. The fourth-order valence-corrected chi connectivity index (χ4v) is 3.47. The molecule has 0 heterocycles. The summed E-state index contributed by atoms with van der Waals surface area (Å²) in [5.41, 5.74) is 6.73. The van der Waals surface area contributed by atoms with Gasteiger partial charge in [0.2, 0.25) is 0 Å². The lowest BCUT2D eigenvalue weighted by Crippen LogP contribution is -2.18. The molecule has 0 spiro atoms. The number of aliphatic hydroxyl groups is 1. The lowest BCUT2D eigenvalue weighted by atomic mass is 9.90. The summed E-state index contributed by atoms with van der Waals surface area (Å²) in [6.45, 7) is 7.53. The fraction of sp³-hybridized carbons (Fsp3) is 0.400. The molecule has 0 aliphatic heterocycles. The molecule has 4 nitrogen and oxygen atoms in total. The van der Waals surface area contributed by atoms with Gasteiger partial charge in [0.05, 0.1) is 24.2 Å². The van der Waals surface area contributed by atoms with E-state index in [4.69, 9.17) is 4.74 Å². The highest BCUT2D eigenvalue weighted by Gasteiger charge is 2.12. The van der Waals surface area contributed by atoms with Gasteiger partial charge in [-0.25, -0.2) is 8.93 Å². The molecule has 0 aliphatic rings. The van der Waals surface area contributed by atoms with Gasteiger partial charge in [-0.05, 0) is 72.7 Å². The second-order valence-corrected chi connectivity index (χ2v) is 7.43. The van der Waals surface area contributed by atoms with Crippen LogP contribution in [-0.2, 0) is 17.6 Å². The molecule has 0 aliphatic carbocycles. The normalized spacial score (nSPS) is 12.2. The molecular weight excluding hydrogens is 334 g/mol. The molecule has 0 radical (unpaired) electrons. The van der Waals surface area contributed by atoms with Crippen molar-refractivity contribution in [2.75, 3.05) is 19.4 Å². The molecule has 1 unspecified atom stereocenters. The van der Waals surface area contributed by atoms with Gasteiger partial charge >= 0.3 is 0 Å². The van der Waals surface area contributed by atoms with Crippen molar-refractivity contribution in [2.24, 2.45) is 0 Å². The molecule has 2 rings (SSSR count). The highest BCUT2D eigenvalue weighted by molar-refractivity contribution is 7.82. The maximum Gasteiger partial charge on any atom is 0.119 e. The van der Waals surface area contributed by atoms with E-state index in [1.165, 1.54) is 5.56 Å². The van der Waals surface area contributed by atoms with Crippen molar-refractivity contribution in [2.45, 2.75) is 33.8 Å². The molecule has 0 saturated carbocycles. The third kappa shape index (κ3) is 5.14. The second kappa shape index (κ2) is 9.13. The summed E-state index contributed by atoms with van der Waals surface area (Å²) in [6.07, 6.45) is 2.43. The summed E-state index contributed by atoms with van der Waals surface area (Å²) in [4.78, 5) is 0. The van der Waals surface area contributed by atoms with Crippen LogP contribution in [0.2, 0.25) is 0 Å². The zero-order valence-corrected chi connectivity index (χ0v) is 16.2. The Morgan fingerprint density at radius 2 is 1.84 bits per heavy atom. The largest absolute Gasteiger partial charge is 0.494 e. The minimum Gasteiger partial charge on any atom is -0.494 e. The number of aliphatic hydroxyl groups excluding tert-OH is 1. The molecule has 1 atom stereocenters. The number of aryl methyl sites for hydroxylation is 2. The third-order valence-electron chi connectivity index (χ3n) is 4.29. The zero-order valence-electron chi connectivity index (χ0n) is 15.4. The number of nitrogens with one attached hydrogen (secondary N) is 1. The Balaban J connectivity index is 2.16. The van der Waals surface area contributed by atoms with Crippen molar-refractivity contribution in [1.82, 2.24) is 4.72 Å². The highest BCUT2D eigenvalue weighted by atomic mass is 32.2. The van der Waals surface area contributed by atoms with E-state index >= 15 is 0 Å². The first-order chi connectivity index (χ1) is 11.9. The molecule has 0 fully saturated rings. The molecule has 2 N–H and O–H groups in total. The molecule has 2 aromatic carbocycles. The van der Waals surface area contributed by atoms with Gasteiger partial charge < -0.3 is 9.84 Å². The smallest absolute Gasteiger partial charge is 0.119 e. The van der Waals surface area contributed by atoms with Crippen molar-refractivity contribution in [3.8, 4) is 16.9 Å². The maximum atomic E-state index is 11.0. The molecule has 0 aromatic heterocycles. The topological polar surface area (TPSA) is 58.6 Å². The van der Waals surface area contributed by atoms with Crippen LogP contribution in [0.3, 0.4) is 0 Å². The Labute approximate surface area is 152 Å². The van der Waals surface area contributed by atoms with Crippen LogP contribution in [0.15, 0.2) is 30.3 Å². The van der Waals surface area contributed by atoms with Gasteiger partial charge in [-0.1, -0.05) is 18.2 Å². The van der Waals surface area contributed by atoms with Crippen LogP contribution >= 0.6 is 0 Å². The minimum absolute atomic E-state index is 0.0511. The van der Waals surface area contributed by atoms with Crippen LogP contribution in [-0.4, -0.2) is 28.7 Å². The fourth-order valence-electron chi connectivity index (χ4n) is 3.04. The van der Waals surface area contributed by atoms with E-state index in [0.717, 1.165) is 40.0 Å². The lowest BCUT2D eigenvalue weighted by Gasteiger charge is -2.17. The van der Waals surface area contributed by atoms with Crippen molar-refractivity contribution in [1.29, 1.82) is 0 Å². The first-order valence-corrected chi connectivity index (χ1v) is 10.0. The summed E-state index contributed by atoms with van der Waals surface area (Å²) in [6, 6.07) is 10.2. The molecule has 0 bridgehead atoms. The van der Waals surface area contributed by atoms with Crippen molar-refractivity contribution < 1.29 is 14.1 Å². The molecule has 136 valence electrons. The van der Waals surface area contributed by atoms with E-state index in [2.05, 4.69) is 43.7 Å². The Morgan fingerprint density at radius 3 is 2.44 bits per heavy atom. The Morgan fingerprint density at radius 1 is 1.16 bits per heavy atom. The van der Waals surface area contributed by atoms with Gasteiger partial charge in [0.15, 0.2) is 0 Å². The van der Waals surface area contributed by atoms with E-state index in [0.29, 0.717) is 13.2 Å². The van der Waals surface area contributed by atoms with Gasteiger partial charge in [0.1, 0.15) is 5.75 Å². The van der Waals surface area contributed by atoms with E-state index in [1.807, 2.05) is 12.1 Å². The SMILES string of the molecule is Cc1cc(OCCCNS(C)=O)cc(C)c1-c1cccc(CO)c1C. The van der Waals surface area contributed by atoms with Gasteiger partial charge in [-0.15, -0.1) is 0 Å². The van der Waals surface area contributed by atoms with Crippen LogP contribution in [0.4, 0.5) is 0 Å². The minimum atomic E-state index is -0.974. The van der Waals surface area contributed by atoms with Crippen molar-refractivity contribution >= 4 is 11.0 Å². The number of hydrogen-bond acceptors (Lipinski definition) is 3. The van der Waals surface area contributed by atoms with E-state index in [1.54, 1.807) is 6.26 Å². The summed E-state index contributed by atoms with van der Waals surface area (Å²) >= 11 is 0. The monoisotopic (exact) mass is 361 g/mol. The zero-order chi connectivity index (χ0) is 18.4. The predicted octanol–water partition coefficient (Wildman–Crippen LogP) is 3.42. The van der Waals surface area contributed by atoms with Crippen LogP contribution in [0.5, 0.6) is 5.75 Å². The number of ether oxygens (including phenoxy) is 1. The summed E-state index contributed by atoms with van der Waals surface area (Å²) in [5, 5.41) is 9.50. The summed E-state index contributed by atoms with van der Waals surface area (Å²) < 4.78 is 19.7. The Bertz CT molecular complexity index is 736. The summed E-state index contributed by atoms with van der Waals surface area (Å²) in [7, 11) is -0.974. The lowest BCUT2D eigenvalue weighted by molar-refractivity contribution is 0.281. The average molecular weight is 362 g/mol. The van der Waals surface area contributed by atoms with Crippen LogP contribution < -0.4 is 9.46 Å². The molecule has 2 aromatic rings. The van der Waals surface area contributed by atoms with E-state index < -0.39 is 11.0 Å². The molecular formula is C20H27NO3S. The standard InChI is InChI=1S/C20H27NO3S/c1-14-11-18(24-10-6-9-21-25(4)23)12-15(2)20(14)19-8-5-7-17(13-22)16(19)3/h5,7-8,11-12,21-22H,6,9-10,13H2,1-4H3. The highest BCUT2D eigenvalue weighted by Crippen LogP contribution is 2.34. The van der Waals surface area contributed by atoms with Gasteiger partial charge in [-0.2, -0.15) is 0 Å². The molecule has 0 saturated heterocycles. The Kier molecular flexibility index (Phi) is 7.17. The number of rotatable bonds is 8. The van der Waals surface area contributed by atoms with Crippen molar-refractivity contribution in [3.63, 3.8) is 0 Å². The predicted molar refractivity (Wildman–Crippen MR) is 104 cm³/mol. The van der Waals surface area contributed by atoms with Gasteiger partial charge in [-0.3, -0.25) is 0 Å². The Hall–Kier alpha value is -1.69. The van der Waals surface area contributed by atoms with E-state index in [-0.39, 0.29) is 6.61 Å². The second-order valence-electron chi connectivity index (χ2n) is 6.23. The quantitative estimate of drug-likeness (QED) is 0.708. The molecule has 25 heavy (non-hydrogen) atoms. The molecule has 0 amide bonds. The summed E-state index contributed by atoms with van der Waals surface area (Å²) in [5.74, 6) is 0.854. The maximum absolute atomic E-state index is 11.0. The van der Waals surface area contributed by atoms with Crippen LogP contribution in [0, 0.1) is 20.8 Å². The third-order valence-corrected chi connectivity index (χ3v) is 4.90. The van der Waals surface area contributed by atoms with Crippen LogP contribution in [0.25, 0.3) is 11.1 Å². The van der Waals surface area contributed by atoms with Crippen LogP contribution in [0.1, 0.15) is 28.7 Å². The number of benzene rings is 2. The van der Waals surface area contributed by atoms with E-state index in [9.17, 15) is 9.32 Å². The number of hydrogen-bond donors (Lipinski definition) is 2. The molecule has 5 heteroatoms. The first-order valence-electron chi connectivity index (χ1n) is 8.44. The first kappa shape index (κ1) is 19.6. The van der Waals surface area contributed by atoms with Gasteiger partial charge in [0.25, 0.3) is 0 Å². The van der Waals surface area contributed by atoms with Gasteiger partial charge in [0, 0.05) is 12.8 Å².